The summed E-state index contributed by atoms with van der Waals surface area (Å²) in [4.78, 5) is 10.3. The number of carbonyl (C=O) groups is 1. The number of hydrogen-bond donors (Lipinski definition) is 1. The van der Waals surface area contributed by atoms with Gasteiger partial charge in [0.2, 0.25) is 0 Å². The second kappa shape index (κ2) is 4.56. The van der Waals surface area contributed by atoms with Crippen molar-refractivity contribution in [2.45, 2.75) is 13.3 Å². The molecular formula is C11H11FO2. The van der Waals surface area contributed by atoms with Crippen LogP contribution in [0.3, 0.4) is 0 Å². The third-order valence-corrected chi connectivity index (χ3v) is 1.74. The first-order valence-electron chi connectivity index (χ1n) is 4.22. The molecule has 2 nitrogen and oxygen atoms in total. The molecule has 0 heterocycles. The third-order valence-electron chi connectivity index (χ3n) is 1.74. The summed E-state index contributed by atoms with van der Waals surface area (Å²) in [5, 5.41) is 8.47. The van der Waals surface area contributed by atoms with E-state index in [4.69, 9.17) is 5.11 Å². The molecule has 14 heavy (non-hydrogen) atoms. The lowest BCUT2D eigenvalue weighted by Crippen LogP contribution is -1.93. The Bertz CT molecular complexity index is 369. The lowest BCUT2D eigenvalue weighted by molar-refractivity contribution is -0.131. The molecule has 0 fully saturated rings. The van der Waals surface area contributed by atoms with Gasteiger partial charge in [0.25, 0.3) is 0 Å². The topological polar surface area (TPSA) is 37.3 Å². The quantitative estimate of drug-likeness (QED) is 0.750. The predicted octanol–water partition coefficient (Wildman–Crippen LogP) is 2.40. The van der Waals surface area contributed by atoms with E-state index >= 15 is 0 Å². The van der Waals surface area contributed by atoms with Crippen molar-refractivity contribution in [3.8, 4) is 0 Å². The smallest absolute Gasteiger partial charge is 0.328 e. The number of carboxylic acid groups (broad SMARTS) is 1. The summed E-state index contributed by atoms with van der Waals surface area (Å²) in [7, 11) is 0. The summed E-state index contributed by atoms with van der Waals surface area (Å²) in [6, 6.07) is 6.14. The van der Waals surface area contributed by atoms with Gasteiger partial charge in [-0.15, -0.1) is 0 Å². The molecule has 0 aliphatic heterocycles. The van der Waals surface area contributed by atoms with Crippen LogP contribution in [0.2, 0.25) is 0 Å². The van der Waals surface area contributed by atoms with Crippen molar-refractivity contribution in [3.63, 3.8) is 0 Å². The first-order valence-corrected chi connectivity index (χ1v) is 4.22. The molecule has 1 rings (SSSR count). The van der Waals surface area contributed by atoms with Crippen LogP contribution in [0.25, 0.3) is 0 Å². The molecule has 0 bridgehead atoms. The van der Waals surface area contributed by atoms with Gasteiger partial charge in [-0.05, 0) is 31.0 Å². The van der Waals surface area contributed by atoms with E-state index in [9.17, 15) is 9.18 Å². The van der Waals surface area contributed by atoms with E-state index < -0.39 is 5.97 Å². The summed E-state index contributed by atoms with van der Waals surface area (Å²) >= 11 is 0. The SMILES string of the molecule is C/C(=C/C(=O)O)Cc1cccc(F)c1. The first kappa shape index (κ1) is 10.4. The van der Waals surface area contributed by atoms with Crippen molar-refractivity contribution < 1.29 is 14.3 Å². The van der Waals surface area contributed by atoms with Crippen LogP contribution in [0.15, 0.2) is 35.9 Å². The maximum Gasteiger partial charge on any atom is 0.328 e. The molecule has 0 aliphatic carbocycles. The number of aliphatic carboxylic acids is 1. The predicted molar refractivity (Wildman–Crippen MR) is 51.5 cm³/mol. The summed E-state index contributed by atoms with van der Waals surface area (Å²) in [5.41, 5.74) is 1.48. The van der Waals surface area contributed by atoms with Crippen LogP contribution in [0.5, 0.6) is 0 Å². The maximum atomic E-state index is 12.7. The molecule has 74 valence electrons. The molecule has 1 aromatic rings. The van der Waals surface area contributed by atoms with Crippen molar-refractivity contribution in [2.75, 3.05) is 0 Å². The number of halogens is 1. The van der Waals surface area contributed by atoms with Crippen molar-refractivity contribution in [1.29, 1.82) is 0 Å². The van der Waals surface area contributed by atoms with E-state index in [1.807, 2.05) is 0 Å². The van der Waals surface area contributed by atoms with Gasteiger partial charge < -0.3 is 5.11 Å². The van der Waals surface area contributed by atoms with Gasteiger partial charge in [0.05, 0.1) is 0 Å². The monoisotopic (exact) mass is 194 g/mol. The molecule has 0 saturated heterocycles. The van der Waals surface area contributed by atoms with Crippen LogP contribution in [0.1, 0.15) is 12.5 Å². The zero-order valence-electron chi connectivity index (χ0n) is 7.83. The second-order valence-corrected chi connectivity index (χ2v) is 3.14. The van der Waals surface area contributed by atoms with Gasteiger partial charge in [-0.1, -0.05) is 17.7 Å². The van der Waals surface area contributed by atoms with Crippen LogP contribution in [0, 0.1) is 5.82 Å². The highest BCUT2D eigenvalue weighted by Gasteiger charge is 1.98. The fourth-order valence-electron chi connectivity index (χ4n) is 1.23. The van der Waals surface area contributed by atoms with E-state index in [0.717, 1.165) is 11.6 Å². The van der Waals surface area contributed by atoms with Crippen molar-refractivity contribution in [2.24, 2.45) is 0 Å². The first-order chi connectivity index (χ1) is 6.58. The number of allylic oxidation sites excluding steroid dienone is 1. The molecule has 3 heteroatoms. The van der Waals surface area contributed by atoms with Crippen molar-refractivity contribution >= 4 is 5.97 Å². The van der Waals surface area contributed by atoms with Crippen LogP contribution >= 0.6 is 0 Å². The number of hydrogen-bond acceptors (Lipinski definition) is 1. The minimum absolute atomic E-state index is 0.300. The van der Waals surface area contributed by atoms with Crippen LogP contribution in [-0.4, -0.2) is 11.1 Å². The summed E-state index contributed by atoms with van der Waals surface area (Å²) < 4.78 is 12.7. The lowest BCUT2D eigenvalue weighted by Gasteiger charge is -2.00. The number of carboxylic acids is 1. The molecular weight excluding hydrogens is 183 g/mol. The molecule has 0 aliphatic rings. The minimum atomic E-state index is -0.973. The van der Waals surface area contributed by atoms with Gasteiger partial charge in [0.15, 0.2) is 0 Å². The highest BCUT2D eigenvalue weighted by molar-refractivity contribution is 5.80. The highest BCUT2D eigenvalue weighted by atomic mass is 19.1. The van der Waals surface area contributed by atoms with Crippen LogP contribution in [0.4, 0.5) is 4.39 Å². The Labute approximate surface area is 81.7 Å². The fraction of sp³-hybridized carbons (Fsp3) is 0.182. The Morgan fingerprint density at radius 1 is 1.57 bits per heavy atom. The largest absolute Gasteiger partial charge is 0.478 e. The van der Waals surface area contributed by atoms with Crippen molar-refractivity contribution in [3.05, 3.63) is 47.3 Å². The standard InChI is InChI=1S/C11H11FO2/c1-8(6-11(13)14)5-9-3-2-4-10(12)7-9/h2-4,6-7H,5H2,1H3,(H,13,14)/b8-6-. The summed E-state index contributed by atoms with van der Waals surface area (Å²) in [6.07, 6.45) is 1.59. The van der Waals surface area contributed by atoms with Crippen LogP contribution < -0.4 is 0 Å². The van der Waals surface area contributed by atoms with Gasteiger partial charge in [-0.3, -0.25) is 0 Å². The molecule has 0 amide bonds. The molecule has 0 aromatic heterocycles. The molecule has 1 N–H and O–H groups in total. The Hall–Kier alpha value is -1.64. The molecule has 1 aromatic carbocycles. The van der Waals surface area contributed by atoms with E-state index in [-0.39, 0.29) is 5.82 Å². The Morgan fingerprint density at radius 3 is 2.86 bits per heavy atom. The zero-order valence-corrected chi connectivity index (χ0v) is 7.83. The highest BCUT2D eigenvalue weighted by Crippen LogP contribution is 2.09. The normalized spacial score (nSPS) is 11.4. The minimum Gasteiger partial charge on any atom is -0.478 e. The third kappa shape index (κ3) is 3.39. The van der Waals surface area contributed by atoms with Gasteiger partial charge in [-0.2, -0.15) is 0 Å². The second-order valence-electron chi connectivity index (χ2n) is 3.14. The number of benzene rings is 1. The number of rotatable bonds is 3. The van der Waals surface area contributed by atoms with Crippen LogP contribution in [-0.2, 0) is 11.2 Å². The van der Waals surface area contributed by atoms with E-state index in [2.05, 4.69) is 0 Å². The Kier molecular flexibility index (Phi) is 3.40. The molecule has 0 unspecified atom stereocenters. The van der Waals surface area contributed by atoms with E-state index in [1.165, 1.54) is 12.1 Å². The molecule has 0 atom stereocenters. The van der Waals surface area contributed by atoms with E-state index in [0.29, 0.717) is 12.0 Å². The fourth-order valence-corrected chi connectivity index (χ4v) is 1.23. The zero-order chi connectivity index (χ0) is 10.6. The molecule has 0 spiro atoms. The van der Waals surface area contributed by atoms with Crippen molar-refractivity contribution in [1.82, 2.24) is 0 Å². The Morgan fingerprint density at radius 2 is 2.29 bits per heavy atom. The summed E-state index contributed by atoms with van der Waals surface area (Å²) in [5.74, 6) is -1.27. The molecule has 0 radical (unpaired) electrons. The van der Waals surface area contributed by atoms with Gasteiger partial charge in [0, 0.05) is 6.08 Å². The molecule has 0 saturated carbocycles. The Balaban J connectivity index is 2.74. The van der Waals surface area contributed by atoms with Gasteiger partial charge in [0.1, 0.15) is 5.82 Å². The van der Waals surface area contributed by atoms with Gasteiger partial charge in [-0.25, -0.2) is 9.18 Å². The summed E-state index contributed by atoms with van der Waals surface area (Å²) in [6.45, 7) is 1.71. The average molecular weight is 194 g/mol. The van der Waals surface area contributed by atoms with E-state index in [1.54, 1.807) is 19.1 Å². The average Bonchev–Trinajstić information content (AvgIpc) is 2.01. The maximum absolute atomic E-state index is 12.7. The lowest BCUT2D eigenvalue weighted by atomic mass is 10.1. The van der Waals surface area contributed by atoms with Gasteiger partial charge >= 0.3 is 5.97 Å².